The minimum Gasteiger partial charge on any atom is -0.352 e. The lowest BCUT2D eigenvalue weighted by atomic mass is 9.76. The van der Waals surface area contributed by atoms with E-state index in [-0.39, 0.29) is 11.3 Å². The molecule has 22 heavy (non-hydrogen) atoms. The van der Waals surface area contributed by atoms with Crippen LogP contribution in [0.2, 0.25) is 0 Å². The fourth-order valence-corrected chi connectivity index (χ4v) is 7.74. The van der Waals surface area contributed by atoms with Gasteiger partial charge in [-0.25, -0.2) is 0 Å². The van der Waals surface area contributed by atoms with Gasteiger partial charge in [0.1, 0.15) is 0 Å². The van der Waals surface area contributed by atoms with Crippen molar-refractivity contribution in [2.24, 2.45) is 10.8 Å². The van der Waals surface area contributed by atoms with Crippen molar-refractivity contribution in [3.63, 3.8) is 0 Å². The first-order chi connectivity index (χ1) is 9.92. The molecular formula is C19H39NOP+. The highest BCUT2D eigenvalue weighted by Crippen LogP contribution is 2.62. The van der Waals surface area contributed by atoms with Crippen molar-refractivity contribution in [1.82, 2.24) is 5.32 Å². The molecule has 0 aliphatic heterocycles. The molecule has 1 N–H and O–H groups in total. The molecule has 1 amide bonds. The number of hydrogen-bond donors (Lipinski definition) is 1. The summed E-state index contributed by atoms with van der Waals surface area (Å²) in [5.41, 5.74) is 1.02. The Bertz CT molecular complexity index is 373. The van der Waals surface area contributed by atoms with Crippen LogP contribution in [0.5, 0.6) is 0 Å². The van der Waals surface area contributed by atoms with Crippen molar-refractivity contribution in [3.8, 4) is 0 Å². The molecule has 0 saturated carbocycles. The smallest absolute Gasteiger partial charge is 0.246 e. The Kier molecular flexibility index (Phi) is 8.34. The van der Waals surface area contributed by atoms with Gasteiger partial charge in [0, 0.05) is 19.4 Å². The van der Waals surface area contributed by atoms with E-state index < -0.39 is 7.26 Å². The summed E-state index contributed by atoms with van der Waals surface area (Å²) in [6.07, 6.45) is 6.57. The Morgan fingerprint density at radius 1 is 1.00 bits per heavy atom. The third-order valence-electron chi connectivity index (χ3n) is 4.85. The van der Waals surface area contributed by atoms with Crippen LogP contribution < -0.4 is 5.32 Å². The molecule has 0 aromatic heterocycles. The first-order valence-corrected chi connectivity index (χ1v) is 11.2. The van der Waals surface area contributed by atoms with Crippen molar-refractivity contribution in [2.45, 2.75) is 61.8 Å². The average molecular weight is 329 g/mol. The lowest BCUT2D eigenvalue weighted by Gasteiger charge is -2.38. The number of nitrogens with one attached hydrogen (secondary N) is 1. The minimum absolute atomic E-state index is 0.0246. The van der Waals surface area contributed by atoms with Gasteiger partial charge >= 0.3 is 0 Å². The summed E-state index contributed by atoms with van der Waals surface area (Å²) in [5, 5.41) is 3.02. The van der Waals surface area contributed by atoms with Gasteiger partial charge in [0.2, 0.25) is 5.91 Å². The maximum Gasteiger partial charge on any atom is 0.246 e. The zero-order valence-corrected chi connectivity index (χ0v) is 17.2. The predicted molar refractivity (Wildman–Crippen MR) is 103 cm³/mol. The van der Waals surface area contributed by atoms with Crippen LogP contribution in [0.3, 0.4) is 0 Å². The van der Waals surface area contributed by atoms with Crippen LogP contribution in [-0.4, -0.2) is 37.1 Å². The normalized spacial score (nSPS) is 13.1. The van der Waals surface area contributed by atoms with Gasteiger partial charge in [-0.2, -0.15) is 0 Å². The molecule has 0 aliphatic carbocycles. The molecule has 0 bridgehead atoms. The van der Waals surface area contributed by atoms with E-state index in [9.17, 15) is 4.79 Å². The molecule has 0 radical (unpaired) electrons. The fourth-order valence-electron chi connectivity index (χ4n) is 3.80. The fraction of sp³-hybridized carbons (Fsp3) is 0.842. The molecule has 0 atom stereocenters. The summed E-state index contributed by atoms with van der Waals surface area (Å²) in [5.74, 6) is -0.0246. The van der Waals surface area contributed by atoms with E-state index in [0.717, 1.165) is 13.0 Å². The van der Waals surface area contributed by atoms with E-state index in [1.165, 1.54) is 24.6 Å². The second kappa shape index (κ2) is 8.48. The van der Waals surface area contributed by atoms with E-state index in [1.54, 1.807) is 6.92 Å². The van der Waals surface area contributed by atoms with Gasteiger partial charge in [-0.1, -0.05) is 34.3 Å². The molecule has 0 saturated heterocycles. The second-order valence-corrected chi connectivity index (χ2v) is 13.3. The molecule has 0 aromatic carbocycles. The van der Waals surface area contributed by atoms with Crippen molar-refractivity contribution >= 4 is 13.2 Å². The van der Waals surface area contributed by atoms with Crippen molar-refractivity contribution in [3.05, 3.63) is 12.2 Å². The van der Waals surface area contributed by atoms with Crippen molar-refractivity contribution in [2.75, 3.05) is 31.2 Å². The predicted octanol–water partition coefficient (Wildman–Crippen LogP) is 5.20. The molecule has 0 aliphatic rings. The molecule has 130 valence electrons. The first kappa shape index (κ1) is 21.6. The molecular weight excluding hydrogens is 289 g/mol. The van der Waals surface area contributed by atoms with Crippen LogP contribution in [0.1, 0.15) is 61.8 Å². The van der Waals surface area contributed by atoms with Gasteiger partial charge in [-0.05, 0) is 44.9 Å². The molecule has 0 rings (SSSR count). The van der Waals surface area contributed by atoms with E-state index in [4.69, 9.17) is 0 Å². The molecule has 0 aromatic rings. The van der Waals surface area contributed by atoms with E-state index in [2.05, 4.69) is 60.4 Å². The molecule has 0 fully saturated rings. The summed E-state index contributed by atoms with van der Waals surface area (Å²) < 4.78 is 0. The van der Waals surface area contributed by atoms with E-state index in [0.29, 0.717) is 11.0 Å². The SMILES string of the molecule is C=C(C)C(=O)NCC(C)(C)CC(C)(C)C[P+](CC)(CC)CC. The third-order valence-corrected chi connectivity index (χ3v) is 10.4. The Morgan fingerprint density at radius 3 is 1.82 bits per heavy atom. The van der Waals surface area contributed by atoms with E-state index in [1.807, 2.05) is 0 Å². The molecule has 0 heterocycles. The van der Waals surface area contributed by atoms with Gasteiger partial charge in [-0.3, -0.25) is 4.79 Å². The Balaban J connectivity index is 4.79. The van der Waals surface area contributed by atoms with Gasteiger partial charge in [0.05, 0.1) is 24.6 Å². The number of carbonyl (C=O) groups excluding carboxylic acids is 1. The number of rotatable bonds is 10. The summed E-state index contributed by atoms with van der Waals surface area (Å²) >= 11 is 0. The van der Waals surface area contributed by atoms with Crippen molar-refractivity contribution < 1.29 is 4.79 Å². The van der Waals surface area contributed by atoms with Crippen molar-refractivity contribution in [1.29, 1.82) is 0 Å². The van der Waals surface area contributed by atoms with Gasteiger partial charge in [-0.15, -0.1) is 0 Å². The Morgan fingerprint density at radius 2 is 1.45 bits per heavy atom. The van der Waals surface area contributed by atoms with E-state index >= 15 is 0 Å². The van der Waals surface area contributed by atoms with Crippen LogP contribution in [0, 0.1) is 10.8 Å². The molecule has 3 heteroatoms. The van der Waals surface area contributed by atoms with Gasteiger partial charge in [0.15, 0.2) is 0 Å². The summed E-state index contributed by atoms with van der Waals surface area (Å²) in [6.45, 7) is 22.6. The second-order valence-electron chi connectivity index (χ2n) is 8.42. The van der Waals surface area contributed by atoms with Crippen LogP contribution in [0.15, 0.2) is 12.2 Å². The zero-order chi connectivity index (χ0) is 17.6. The summed E-state index contributed by atoms with van der Waals surface area (Å²) in [4.78, 5) is 11.7. The highest BCUT2D eigenvalue weighted by atomic mass is 31.2. The highest BCUT2D eigenvalue weighted by Gasteiger charge is 2.40. The Labute approximate surface area is 139 Å². The van der Waals surface area contributed by atoms with Crippen LogP contribution in [0.4, 0.5) is 0 Å². The van der Waals surface area contributed by atoms with Crippen LogP contribution >= 0.6 is 7.26 Å². The minimum atomic E-state index is -0.802. The topological polar surface area (TPSA) is 29.1 Å². The van der Waals surface area contributed by atoms with Gasteiger partial charge in [0.25, 0.3) is 0 Å². The number of hydrogen-bond acceptors (Lipinski definition) is 1. The maximum atomic E-state index is 11.7. The lowest BCUT2D eigenvalue weighted by molar-refractivity contribution is -0.117. The number of carbonyl (C=O) groups is 1. The monoisotopic (exact) mass is 328 g/mol. The average Bonchev–Trinajstić information content (AvgIpc) is 2.41. The summed E-state index contributed by atoms with van der Waals surface area (Å²) in [7, 11) is -0.802. The third kappa shape index (κ3) is 7.27. The molecule has 2 nitrogen and oxygen atoms in total. The summed E-state index contributed by atoms with van der Waals surface area (Å²) in [6, 6.07) is 0. The Hall–Kier alpha value is -0.360. The highest BCUT2D eigenvalue weighted by molar-refractivity contribution is 7.75. The quantitative estimate of drug-likeness (QED) is 0.433. The van der Waals surface area contributed by atoms with Gasteiger partial charge < -0.3 is 5.32 Å². The molecule has 0 unspecified atom stereocenters. The largest absolute Gasteiger partial charge is 0.352 e. The lowest BCUT2D eigenvalue weighted by Crippen LogP contribution is -2.38. The first-order valence-electron chi connectivity index (χ1n) is 8.71. The molecule has 0 spiro atoms. The van der Waals surface area contributed by atoms with Crippen LogP contribution in [-0.2, 0) is 4.79 Å². The van der Waals surface area contributed by atoms with Crippen LogP contribution in [0.25, 0.3) is 0 Å². The zero-order valence-electron chi connectivity index (χ0n) is 16.3. The maximum absolute atomic E-state index is 11.7. The standard InChI is InChI=1S/C19H38NOP/c1-10-22(11-2,12-3)15-19(8,9)13-18(6,7)14-20-17(21)16(4)5/h4,10-15H2,1-3,5-9H3/p+1. The number of amides is 1.